The summed E-state index contributed by atoms with van der Waals surface area (Å²) < 4.78 is 1.99. The predicted octanol–water partition coefficient (Wildman–Crippen LogP) is 6.54. The average Bonchev–Trinajstić information content (AvgIpc) is 3.05. The number of rotatable bonds is 4. The molecule has 0 saturated heterocycles. The Morgan fingerprint density at radius 3 is 2.21 bits per heavy atom. The molecule has 3 heteroatoms. The van der Waals surface area contributed by atoms with Crippen LogP contribution in [0.25, 0.3) is 16.9 Å². The smallest absolute Gasteiger partial charge is 0.186 e. The molecule has 0 radical (unpaired) electrons. The summed E-state index contributed by atoms with van der Waals surface area (Å²) in [6.07, 6.45) is 5.54. The average molecular weight is 387 g/mol. The monoisotopic (exact) mass is 386 g/mol. The van der Waals surface area contributed by atoms with Crippen molar-refractivity contribution in [1.82, 2.24) is 9.78 Å². The van der Waals surface area contributed by atoms with E-state index in [2.05, 4.69) is 70.2 Å². The molecule has 0 spiro atoms. The highest BCUT2D eigenvalue weighted by atomic mass is 16.1. The molecule has 0 bridgehead atoms. The Morgan fingerprint density at radius 1 is 0.897 bits per heavy atom. The number of carbonyl (C=O) groups is 1. The van der Waals surface area contributed by atoms with E-state index in [4.69, 9.17) is 5.10 Å². The van der Waals surface area contributed by atoms with Gasteiger partial charge in [-0.05, 0) is 52.2 Å². The lowest BCUT2D eigenvalue weighted by Gasteiger charge is -2.19. The fourth-order valence-corrected chi connectivity index (χ4v) is 4.56. The molecule has 1 saturated carbocycles. The molecule has 1 aliphatic carbocycles. The van der Waals surface area contributed by atoms with E-state index < -0.39 is 0 Å². The Morgan fingerprint density at radius 2 is 1.55 bits per heavy atom. The maximum absolute atomic E-state index is 13.4. The third kappa shape index (κ3) is 3.78. The molecule has 1 fully saturated rings. The molecule has 1 aliphatic rings. The summed E-state index contributed by atoms with van der Waals surface area (Å²) in [6, 6.07) is 14.9. The van der Waals surface area contributed by atoms with Gasteiger partial charge in [0.05, 0.1) is 11.4 Å². The van der Waals surface area contributed by atoms with Crippen molar-refractivity contribution in [2.45, 2.75) is 59.8 Å². The normalized spacial score (nSPS) is 14.9. The molecule has 2 aromatic carbocycles. The zero-order valence-electron chi connectivity index (χ0n) is 18.0. The fraction of sp³-hybridized carbons (Fsp3) is 0.385. The van der Waals surface area contributed by atoms with Crippen LogP contribution in [0.15, 0.2) is 42.5 Å². The molecule has 3 aromatic rings. The maximum atomic E-state index is 13.4. The molecule has 3 nitrogen and oxygen atoms in total. The Balaban J connectivity index is 1.88. The van der Waals surface area contributed by atoms with Gasteiger partial charge in [0.15, 0.2) is 5.78 Å². The van der Waals surface area contributed by atoms with Gasteiger partial charge < -0.3 is 0 Å². The SMILES string of the molecule is Cc1ccc(-c2c(C)c(C(=O)C3CCCCC3)nn2-c2ccc(C)cc2C)cc1. The molecule has 29 heavy (non-hydrogen) atoms. The highest BCUT2D eigenvalue weighted by Crippen LogP contribution is 2.33. The first-order chi connectivity index (χ1) is 14.0. The number of nitrogens with zero attached hydrogens (tertiary/aromatic N) is 2. The molecule has 0 amide bonds. The van der Waals surface area contributed by atoms with E-state index in [-0.39, 0.29) is 11.7 Å². The van der Waals surface area contributed by atoms with Gasteiger partial charge in [-0.15, -0.1) is 0 Å². The molecule has 0 atom stereocenters. The number of aromatic nitrogens is 2. The number of carbonyl (C=O) groups excluding carboxylic acids is 1. The molecule has 4 rings (SSSR count). The van der Waals surface area contributed by atoms with Crippen LogP contribution in [0.4, 0.5) is 0 Å². The van der Waals surface area contributed by atoms with Gasteiger partial charge in [-0.1, -0.05) is 66.8 Å². The van der Waals surface area contributed by atoms with Crippen LogP contribution in [0.2, 0.25) is 0 Å². The van der Waals surface area contributed by atoms with E-state index in [0.717, 1.165) is 53.8 Å². The van der Waals surface area contributed by atoms with Gasteiger partial charge in [-0.2, -0.15) is 5.10 Å². The summed E-state index contributed by atoms with van der Waals surface area (Å²) in [4.78, 5) is 13.4. The number of hydrogen-bond acceptors (Lipinski definition) is 2. The van der Waals surface area contributed by atoms with E-state index in [1.54, 1.807) is 0 Å². The molecule has 1 heterocycles. The quantitative estimate of drug-likeness (QED) is 0.477. The second-order valence-corrected chi connectivity index (χ2v) is 8.59. The van der Waals surface area contributed by atoms with Crippen LogP contribution in [-0.4, -0.2) is 15.6 Å². The van der Waals surface area contributed by atoms with E-state index in [0.29, 0.717) is 5.69 Å². The van der Waals surface area contributed by atoms with Crippen LogP contribution >= 0.6 is 0 Å². The highest BCUT2D eigenvalue weighted by molar-refractivity contribution is 5.99. The molecule has 0 N–H and O–H groups in total. The van der Waals surface area contributed by atoms with Crippen LogP contribution in [0, 0.1) is 33.6 Å². The molecular formula is C26H30N2O. The minimum atomic E-state index is 0.121. The summed E-state index contributed by atoms with van der Waals surface area (Å²) >= 11 is 0. The highest BCUT2D eigenvalue weighted by Gasteiger charge is 2.29. The van der Waals surface area contributed by atoms with E-state index in [1.807, 2.05) is 4.68 Å². The van der Waals surface area contributed by atoms with Crippen LogP contribution in [0.3, 0.4) is 0 Å². The summed E-state index contributed by atoms with van der Waals surface area (Å²) in [5.74, 6) is 0.342. The Kier molecular flexibility index (Phi) is 5.40. The Hall–Kier alpha value is -2.68. The topological polar surface area (TPSA) is 34.9 Å². The summed E-state index contributed by atoms with van der Waals surface area (Å²) in [7, 11) is 0. The first kappa shape index (κ1) is 19.6. The number of benzene rings is 2. The lowest BCUT2D eigenvalue weighted by Crippen LogP contribution is -2.19. The van der Waals surface area contributed by atoms with Gasteiger partial charge >= 0.3 is 0 Å². The third-order valence-electron chi connectivity index (χ3n) is 6.24. The lowest BCUT2D eigenvalue weighted by molar-refractivity contribution is 0.0883. The van der Waals surface area contributed by atoms with E-state index >= 15 is 0 Å². The Bertz CT molecular complexity index is 1040. The van der Waals surface area contributed by atoms with Crippen molar-refractivity contribution in [3.63, 3.8) is 0 Å². The summed E-state index contributed by atoms with van der Waals surface area (Å²) in [5.41, 5.74) is 8.42. The van der Waals surface area contributed by atoms with Crippen LogP contribution in [0.1, 0.15) is 64.8 Å². The molecule has 150 valence electrons. The van der Waals surface area contributed by atoms with E-state index in [9.17, 15) is 4.79 Å². The van der Waals surface area contributed by atoms with Crippen LogP contribution < -0.4 is 0 Å². The molecule has 0 aliphatic heterocycles. The number of hydrogen-bond donors (Lipinski definition) is 0. The van der Waals surface area contributed by atoms with Crippen molar-refractivity contribution in [3.8, 4) is 16.9 Å². The van der Waals surface area contributed by atoms with Gasteiger partial charge in [-0.3, -0.25) is 4.79 Å². The predicted molar refractivity (Wildman–Crippen MR) is 119 cm³/mol. The van der Waals surface area contributed by atoms with E-state index in [1.165, 1.54) is 17.5 Å². The van der Waals surface area contributed by atoms with Crippen molar-refractivity contribution in [2.24, 2.45) is 5.92 Å². The zero-order chi connectivity index (χ0) is 20.5. The number of Topliss-reactive ketones (excluding diaryl/α,β-unsaturated/α-hetero) is 1. The van der Waals surface area contributed by atoms with Crippen LogP contribution in [-0.2, 0) is 0 Å². The standard InChI is InChI=1S/C26H30N2O/c1-17-10-13-21(14-11-17)25-20(4)24(26(29)22-8-6-5-7-9-22)27-28(25)23-15-12-18(2)16-19(23)3/h10-16,22H,5-9H2,1-4H3. The van der Waals surface area contributed by atoms with Gasteiger partial charge in [-0.25, -0.2) is 4.68 Å². The fourth-order valence-electron chi connectivity index (χ4n) is 4.56. The van der Waals surface area contributed by atoms with Gasteiger partial charge in [0, 0.05) is 17.0 Å². The van der Waals surface area contributed by atoms with Gasteiger partial charge in [0.1, 0.15) is 5.69 Å². The van der Waals surface area contributed by atoms with Crippen molar-refractivity contribution < 1.29 is 4.79 Å². The number of ketones is 1. The van der Waals surface area contributed by atoms with Gasteiger partial charge in [0.2, 0.25) is 0 Å². The summed E-state index contributed by atoms with van der Waals surface area (Å²) in [6.45, 7) is 8.36. The van der Waals surface area contributed by atoms with Gasteiger partial charge in [0.25, 0.3) is 0 Å². The Labute approximate surface area is 173 Å². The minimum absolute atomic E-state index is 0.121. The van der Waals surface area contributed by atoms with Crippen molar-refractivity contribution in [1.29, 1.82) is 0 Å². The summed E-state index contributed by atoms with van der Waals surface area (Å²) in [5, 5.41) is 4.91. The lowest BCUT2D eigenvalue weighted by atomic mass is 9.84. The first-order valence-electron chi connectivity index (χ1n) is 10.7. The molecular weight excluding hydrogens is 356 g/mol. The molecule has 0 unspecified atom stereocenters. The first-order valence-corrected chi connectivity index (χ1v) is 10.7. The van der Waals surface area contributed by atoms with Crippen molar-refractivity contribution >= 4 is 5.78 Å². The largest absolute Gasteiger partial charge is 0.292 e. The second kappa shape index (κ2) is 7.98. The minimum Gasteiger partial charge on any atom is -0.292 e. The molecule has 1 aromatic heterocycles. The third-order valence-corrected chi connectivity index (χ3v) is 6.24. The van der Waals surface area contributed by atoms with Crippen molar-refractivity contribution in [3.05, 3.63) is 70.4 Å². The zero-order valence-corrected chi connectivity index (χ0v) is 18.0. The van der Waals surface area contributed by atoms with Crippen molar-refractivity contribution in [2.75, 3.05) is 0 Å². The maximum Gasteiger partial charge on any atom is 0.186 e. The second-order valence-electron chi connectivity index (χ2n) is 8.59. The number of aryl methyl sites for hydroxylation is 3. The van der Waals surface area contributed by atoms with Crippen LogP contribution in [0.5, 0.6) is 0 Å².